The predicted octanol–water partition coefficient (Wildman–Crippen LogP) is 10.7. The Kier molecular flexibility index (Phi) is 4.93. The molecule has 9 rings (SSSR count). The lowest BCUT2D eigenvalue weighted by atomic mass is 10.0. The van der Waals surface area contributed by atoms with Gasteiger partial charge >= 0.3 is 0 Å². The van der Waals surface area contributed by atoms with Gasteiger partial charge in [-0.1, -0.05) is 103 Å². The van der Waals surface area contributed by atoms with E-state index in [4.69, 9.17) is 0 Å². The van der Waals surface area contributed by atoms with Crippen molar-refractivity contribution in [2.24, 2.45) is 0 Å². The van der Waals surface area contributed by atoms with Crippen LogP contribution in [0.3, 0.4) is 0 Å². The summed E-state index contributed by atoms with van der Waals surface area (Å²) in [6, 6.07) is 57.1. The average molecular weight is 535 g/mol. The number of fused-ring (bicyclic) bond motifs is 8. The van der Waals surface area contributed by atoms with Crippen LogP contribution < -0.4 is 0 Å². The van der Waals surface area contributed by atoms with Crippen molar-refractivity contribution < 1.29 is 0 Å². The second kappa shape index (κ2) is 8.95. The molecule has 9 aromatic rings. The summed E-state index contributed by atoms with van der Waals surface area (Å²) in [6.45, 7) is 0. The van der Waals surface area contributed by atoms with Gasteiger partial charge in [-0.3, -0.25) is 0 Å². The van der Waals surface area contributed by atoms with Crippen LogP contribution in [0, 0.1) is 0 Å². The molecule has 0 atom stereocenters. The second-order valence-electron chi connectivity index (χ2n) is 11.0. The lowest BCUT2D eigenvalue weighted by Gasteiger charge is -2.11. The third kappa shape index (κ3) is 3.33. The molecule has 0 spiro atoms. The first-order chi connectivity index (χ1) is 20.8. The molecule has 2 heteroatoms. The summed E-state index contributed by atoms with van der Waals surface area (Å²) in [6.07, 6.45) is 0. The van der Waals surface area contributed by atoms with Gasteiger partial charge in [0.15, 0.2) is 0 Å². The molecule has 0 saturated heterocycles. The van der Waals surface area contributed by atoms with Gasteiger partial charge in [-0.15, -0.1) is 0 Å². The highest BCUT2D eigenvalue weighted by atomic mass is 15.0. The third-order valence-corrected chi connectivity index (χ3v) is 8.68. The minimum absolute atomic E-state index is 1.17. The summed E-state index contributed by atoms with van der Waals surface area (Å²) in [7, 11) is 0. The standard InChI is InChI=1S/C40H26N2/c1-3-11-27(12-4-1)28-19-20-30-26-32(22-21-29(30)25-28)42-36-18-10-8-16-34(36)40-38(42)24-23-37-39(40)33-15-7-9-17-35(33)41(37)31-13-5-2-6-14-31/h1-26H. The number of benzene rings is 7. The van der Waals surface area contributed by atoms with E-state index >= 15 is 0 Å². The highest BCUT2D eigenvalue weighted by molar-refractivity contribution is 6.28. The van der Waals surface area contributed by atoms with Crippen molar-refractivity contribution in [2.45, 2.75) is 0 Å². The Hall–Kier alpha value is -5.60. The van der Waals surface area contributed by atoms with Crippen LogP contribution in [0.15, 0.2) is 158 Å². The van der Waals surface area contributed by atoms with Crippen molar-refractivity contribution in [1.82, 2.24) is 9.13 Å². The van der Waals surface area contributed by atoms with Gasteiger partial charge in [0.2, 0.25) is 0 Å². The fourth-order valence-corrected chi connectivity index (χ4v) is 6.83. The molecule has 0 aliphatic carbocycles. The van der Waals surface area contributed by atoms with E-state index in [0.717, 1.165) is 0 Å². The molecule has 2 heterocycles. The molecule has 0 saturated carbocycles. The van der Waals surface area contributed by atoms with Gasteiger partial charge in [-0.25, -0.2) is 0 Å². The summed E-state index contributed by atoms with van der Waals surface area (Å²) >= 11 is 0. The smallest absolute Gasteiger partial charge is 0.0548 e. The number of para-hydroxylation sites is 3. The number of rotatable bonds is 3. The Bertz CT molecular complexity index is 2440. The SMILES string of the molecule is c1ccc(-c2ccc3cc(-n4c5ccccc5c5c6c7ccccc7n(-c7ccccc7)c6ccc54)ccc3c2)cc1. The van der Waals surface area contributed by atoms with Crippen molar-refractivity contribution in [2.75, 3.05) is 0 Å². The maximum absolute atomic E-state index is 2.43. The molecule has 0 unspecified atom stereocenters. The summed E-state index contributed by atoms with van der Waals surface area (Å²) < 4.78 is 4.83. The van der Waals surface area contributed by atoms with E-state index in [9.17, 15) is 0 Å². The molecule has 2 nitrogen and oxygen atoms in total. The first-order valence-corrected chi connectivity index (χ1v) is 14.5. The second-order valence-corrected chi connectivity index (χ2v) is 11.0. The van der Waals surface area contributed by atoms with E-state index in [1.54, 1.807) is 0 Å². The summed E-state index contributed by atoms with van der Waals surface area (Å²) in [4.78, 5) is 0. The zero-order valence-corrected chi connectivity index (χ0v) is 22.9. The quantitative estimate of drug-likeness (QED) is 0.213. The van der Waals surface area contributed by atoms with Gasteiger partial charge in [-0.05, 0) is 76.5 Å². The first-order valence-electron chi connectivity index (χ1n) is 14.5. The van der Waals surface area contributed by atoms with Gasteiger partial charge in [0.25, 0.3) is 0 Å². The van der Waals surface area contributed by atoms with E-state index in [0.29, 0.717) is 0 Å². The van der Waals surface area contributed by atoms with Crippen LogP contribution in [0.5, 0.6) is 0 Å². The highest BCUT2D eigenvalue weighted by Gasteiger charge is 2.20. The fraction of sp³-hybridized carbons (Fsp3) is 0. The van der Waals surface area contributed by atoms with Crippen LogP contribution in [-0.4, -0.2) is 9.13 Å². The first kappa shape index (κ1) is 23.1. The molecule has 0 amide bonds. The topological polar surface area (TPSA) is 9.86 Å². The molecule has 196 valence electrons. The van der Waals surface area contributed by atoms with E-state index < -0.39 is 0 Å². The van der Waals surface area contributed by atoms with Gasteiger partial charge in [0, 0.05) is 32.9 Å². The van der Waals surface area contributed by atoms with Gasteiger partial charge < -0.3 is 9.13 Å². The van der Waals surface area contributed by atoms with Crippen LogP contribution in [-0.2, 0) is 0 Å². The van der Waals surface area contributed by atoms with Crippen LogP contribution >= 0.6 is 0 Å². The Balaban J connectivity index is 1.33. The molecule has 0 aliphatic heterocycles. The van der Waals surface area contributed by atoms with Gasteiger partial charge in [0.1, 0.15) is 0 Å². The summed E-state index contributed by atoms with van der Waals surface area (Å²) in [5.41, 5.74) is 9.72. The molecule has 0 radical (unpaired) electrons. The zero-order valence-electron chi connectivity index (χ0n) is 22.9. The number of hydrogen-bond acceptors (Lipinski definition) is 0. The largest absolute Gasteiger partial charge is 0.309 e. The van der Waals surface area contributed by atoms with Crippen molar-refractivity contribution in [3.63, 3.8) is 0 Å². The molecule has 0 bridgehead atoms. The maximum atomic E-state index is 2.43. The lowest BCUT2D eigenvalue weighted by Crippen LogP contribution is -1.95. The number of nitrogens with zero attached hydrogens (tertiary/aromatic N) is 2. The zero-order chi connectivity index (χ0) is 27.6. The van der Waals surface area contributed by atoms with Crippen molar-refractivity contribution in [3.8, 4) is 22.5 Å². The molecule has 0 aliphatic rings. The Morgan fingerprint density at radius 1 is 0.310 bits per heavy atom. The Morgan fingerprint density at radius 3 is 1.50 bits per heavy atom. The van der Waals surface area contributed by atoms with Crippen molar-refractivity contribution >= 4 is 54.4 Å². The van der Waals surface area contributed by atoms with Crippen LogP contribution in [0.2, 0.25) is 0 Å². The van der Waals surface area contributed by atoms with E-state index in [-0.39, 0.29) is 0 Å². The minimum atomic E-state index is 1.17. The predicted molar refractivity (Wildman–Crippen MR) is 178 cm³/mol. The molecule has 42 heavy (non-hydrogen) atoms. The normalized spacial score (nSPS) is 11.8. The van der Waals surface area contributed by atoms with Gasteiger partial charge in [-0.2, -0.15) is 0 Å². The monoisotopic (exact) mass is 534 g/mol. The van der Waals surface area contributed by atoms with Gasteiger partial charge in [0.05, 0.1) is 22.1 Å². The number of aromatic nitrogens is 2. The van der Waals surface area contributed by atoms with E-state index in [1.165, 1.54) is 76.9 Å². The molecule has 2 aromatic heterocycles. The van der Waals surface area contributed by atoms with Crippen LogP contribution in [0.4, 0.5) is 0 Å². The summed E-state index contributed by atoms with van der Waals surface area (Å²) in [5.74, 6) is 0. The molecule has 0 fully saturated rings. The fourth-order valence-electron chi connectivity index (χ4n) is 6.83. The molecular formula is C40H26N2. The Morgan fingerprint density at radius 2 is 0.833 bits per heavy atom. The highest BCUT2D eigenvalue weighted by Crippen LogP contribution is 2.42. The average Bonchev–Trinajstić information content (AvgIpc) is 3.58. The van der Waals surface area contributed by atoms with E-state index in [1.807, 2.05) is 0 Å². The van der Waals surface area contributed by atoms with Crippen LogP contribution in [0.25, 0.3) is 76.9 Å². The van der Waals surface area contributed by atoms with Crippen LogP contribution in [0.1, 0.15) is 0 Å². The van der Waals surface area contributed by atoms with E-state index in [2.05, 4.69) is 167 Å². The molecule has 7 aromatic carbocycles. The Labute approximate surface area is 243 Å². The maximum Gasteiger partial charge on any atom is 0.0548 e. The van der Waals surface area contributed by atoms with Crippen molar-refractivity contribution in [1.29, 1.82) is 0 Å². The third-order valence-electron chi connectivity index (χ3n) is 8.68. The lowest BCUT2D eigenvalue weighted by molar-refractivity contribution is 1.17. The van der Waals surface area contributed by atoms with Crippen molar-refractivity contribution in [3.05, 3.63) is 158 Å². The number of hydrogen-bond donors (Lipinski definition) is 0. The minimum Gasteiger partial charge on any atom is -0.309 e. The molecular weight excluding hydrogens is 508 g/mol. The summed E-state index contributed by atoms with van der Waals surface area (Å²) in [5, 5.41) is 7.63. The molecule has 0 N–H and O–H groups in total.